The van der Waals surface area contributed by atoms with Crippen LogP contribution in [0.25, 0.3) is 0 Å². The summed E-state index contributed by atoms with van der Waals surface area (Å²) in [6, 6.07) is 18.3. The molecule has 1 atom stereocenters. The van der Waals surface area contributed by atoms with Crippen LogP contribution in [0.5, 0.6) is 0 Å². The SMILES string of the molecule is C[C@H](NC1Cc2ccccc2C1)c1ccc(Br)cc1. The Balaban J connectivity index is 1.66. The molecule has 19 heavy (non-hydrogen) atoms. The van der Waals surface area contributed by atoms with E-state index in [1.54, 1.807) is 0 Å². The quantitative estimate of drug-likeness (QED) is 0.892. The maximum Gasteiger partial charge on any atom is 0.0294 e. The van der Waals surface area contributed by atoms with E-state index in [-0.39, 0.29) is 0 Å². The number of rotatable bonds is 3. The fourth-order valence-electron chi connectivity index (χ4n) is 2.88. The summed E-state index contributed by atoms with van der Waals surface area (Å²) in [5, 5.41) is 3.75. The molecular weight excluding hydrogens is 298 g/mol. The fraction of sp³-hybridized carbons (Fsp3) is 0.294. The van der Waals surface area contributed by atoms with Crippen LogP contribution in [0.1, 0.15) is 29.7 Å². The van der Waals surface area contributed by atoms with Gasteiger partial charge in [0.2, 0.25) is 0 Å². The van der Waals surface area contributed by atoms with Crippen LogP contribution in [-0.2, 0) is 12.8 Å². The normalized spacial score (nSPS) is 16.3. The molecule has 2 aromatic rings. The van der Waals surface area contributed by atoms with E-state index in [4.69, 9.17) is 0 Å². The molecule has 98 valence electrons. The van der Waals surface area contributed by atoms with Crippen LogP contribution in [0.4, 0.5) is 0 Å². The van der Waals surface area contributed by atoms with Crippen LogP contribution < -0.4 is 5.32 Å². The highest BCUT2D eigenvalue weighted by Crippen LogP contribution is 2.24. The number of fused-ring (bicyclic) bond motifs is 1. The highest BCUT2D eigenvalue weighted by atomic mass is 79.9. The van der Waals surface area contributed by atoms with Gasteiger partial charge in [-0.1, -0.05) is 52.3 Å². The van der Waals surface area contributed by atoms with Crippen molar-refractivity contribution >= 4 is 15.9 Å². The van der Waals surface area contributed by atoms with E-state index in [0.717, 1.165) is 17.3 Å². The van der Waals surface area contributed by atoms with Crippen molar-refractivity contribution in [1.29, 1.82) is 0 Å². The molecule has 1 aliphatic rings. The van der Waals surface area contributed by atoms with Crippen molar-refractivity contribution in [2.24, 2.45) is 0 Å². The van der Waals surface area contributed by atoms with E-state index >= 15 is 0 Å². The second-order valence-electron chi connectivity index (χ2n) is 5.31. The zero-order valence-corrected chi connectivity index (χ0v) is 12.7. The lowest BCUT2D eigenvalue weighted by molar-refractivity contribution is 0.467. The second kappa shape index (κ2) is 5.48. The smallest absolute Gasteiger partial charge is 0.0294 e. The Bertz CT molecular complexity index is 537. The summed E-state index contributed by atoms with van der Waals surface area (Å²) in [6.45, 7) is 2.24. The molecule has 2 heteroatoms. The van der Waals surface area contributed by atoms with Crippen molar-refractivity contribution in [3.63, 3.8) is 0 Å². The van der Waals surface area contributed by atoms with Crippen molar-refractivity contribution in [2.75, 3.05) is 0 Å². The van der Waals surface area contributed by atoms with Gasteiger partial charge in [-0.05, 0) is 48.6 Å². The third kappa shape index (κ3) is 2.90. The monoisotopic (exact) mass is 315 g/mol. The maximum absolute atomic E-state index is 3.75. The zero-order chi connectivity index (χ0) is 13.2. The zero-order valence-electron chi connectivity index (χ0n) is 11.1. The summed E-state index contributed by atoms with van der Waals surface area (Å²) in [7, 11) is 0. The van der Waals surface area contributed by atoms with E-state index in [1.165, 1.54) is 16.7 Å². The molecule has 0 saturated heterocycles. The van der Waals surface area contributed by atoms with Crippen molar-refractivity contribution in [3.05, 3.63) is 69.7 Å². The third-order valence-electron chi connectivity index (χ3n) is 3.91. The topological polar surface area (TPSA) is 12.0 Å². The molecule has 3 rings (SSSR count). The number of nitrogens with one attached hydrogen (secondary N) is 1. The Morgan fingerprint density at radius 3 is 2.16 bits per heavy atom. The number of halogens is 1. The molecule has 1 aliphatic carbocycles. The van der Waals surface area contributed by atoms with E-state index in [2.05, 4.69) is 76.7 Å². The van der Waals surface area contributed by atoms with Gasteiger partial charge in [-0.2, -0.15) is 0 Å². The molecule has 0 bridgehead atoms. The van der Waals surface area contributed by atoms with Crippen molar-refractivity contribution < 1.29 is 0 Å². The molecule has 2 aromatic carbocycles. The third-order valence-corrected chi connectivity index (χ3v) is 4.44. The average Bonchev–Trinajstić information content (AvgIpc) is 2.81. The first-order valence-corrected chi connectivity index (χ1v) is 7.60. The number of hydrogen-bond donors (Lipinski definition) is 1. The molecule has 0 amide bonds. The lowest BCUT2D eigenvalue weighted by Gasteiger charge is -2.19. The fourth-order valence-corrected chi connectivity index (χ4v) is 3.14. The summed E-state index contributed by atoms with van der Waals surface area (Å²) in [4.78, 5) is 0. The minimum absolute atomic E-state index is 0.396. The van der Waals surface area contributed by atoms with Crippen molar-refractivity contribution in [1.82, 2.24) is 5.32 Å². The van der Waals surface area contributed by atoms with Crippen LogP contribution in [-0.4, -0.2) is 6.04 Å². The molecule has 0 aromatic heterocycles. The first-order chi connectivity index (χ1) is 9.22. The van der Waals surface area contributed by atoms with Gasteiger partial charge in [0.05, 0.1) is 0 Å². The van der Waals surface area contributed by atoms with Crippen LogP contribution in [0.15, 0.2) is 53.0 Å². The lowest BCUT2D eigenvalue weighted by Crippen LogP contribution is -2.32. The van der Waals surface area contributed by atoms with Gasteiger partial charge in [-0.25, -0.2) is 0 Å². The van der Waals surface area contributed by atoms with Gasteiger partial charge in [0, 0.05) is 16.6 Å². The molecule has 0 aliphatic heterocycles. The number of hydrogen-bond acceptors (Lipinski definition) is 1. The minimum Gasteiger partial charge on any atom is -0.307 e. The molecule has 0 fully saturated rings. The summed E-state index contributed by atoms with van der Waals surface area (Å²) in [5.74, 6) is 0. The van der Waals surface area contributed by atoms with Crippen LogP contribution in [0.2, 0.25) is 0 Å². The van der Waals surface area contributed by atoms with Crippen molar-refractivity contribution in [3.8, 4) is 0 Å². The lowest BCUT2D eigenvalue weighted by atomic mass is 10.1. The van der Waals surface area contributed by atoms with Gasteiger partial charge in [-0.15, -0.1) is 0 Å². The Morgan fingerprint density at radius 2 is 1.58 bits per heavy atom. The molecule has 0 unspecified atom stereocenters. The molecule has 0 heterocycles. The van der Waals surface area contributed by atoms with Gasteiger partial charge < -0.3 is 5.32 Å². The molecule has 1 nitrogen and oxygen atoms in total. The first kappa shape index (κ1) is 12.9. The Labute approximate surface area is 123 Å². The molecule has 0 radical (unpaired) electrons. The van der Waals surface area contributed by atoms with Gasteiger partial charge in [0.25, 0.3) is 0 Å². The van der Waals surface area contributed by atoms with E-state index < -0.39 is 0 Å². The molecular formula is C17H18BrN. The standard InChI is InChI=1S/C17H18BrN/c1-12(13-6-8-16(18)9-7-13)19-17-10-14-4-2-3-5-15(14)11-17/h2-9,12,17,19H,10-11H2,1H3/t12-/m0/s1. The van der Waals surface area contributed by atoms with Gasteiger partial charge in [0.1, 0.15) is 0 Å². The van der Waals surface area contributed by atoms with Gasteiger partial charge >= 0.3 is 0 Å². The summed E-state index contributed by atoms with van der Waals surface area (Å²) >= 11 is 3.48. The first-order valence-electron chi connectivity index (χ1n) is 6.80. The predicted octanol–water partition coefficient (Wildman–Crippen LogP) is 4.27. The second-order valence-corrected chi connectivity index (χ2v) is 6.23. The summed E-state index contributed by atoms with van der Waals surface area (Å²) in [6.07, 6.45) is 2.30. The van der Waals surface area contributed by atoms with E-state index in [1.807, 2.05) is 0 Å². The highest BCUT2D eigenvalue weighted by Gasteiger charge is 2.22. The Hall–Kier alpha value is -1.12. The largest absolute Gasteiger partial charge is 0.307 e. The molecule has 1 N–H and O–H groups in total. The van der Waals surface area contributed by atoms with Gasteiger partial charge in [-0.3, -0.25) is 0 Å². The average molecular weight is 316 g/mol. The van der Waals surface area contributed by atoms with Crippen LogP contribution in [0.3, 0.4) is 0 Å². The minimum atomic E-state index is 0.396. The summed E-state index contributed by atoms with van der Waals surface area (Å²) in [5.41, 5.74) is 4.35. The van der Waals surface area contributed by atoms with Crippen LogP contribution in [0, 0.1) is 0 Å². The number of benzene rings is 2. The summed E-state index contributed by atoms with van der Waals surface area (Å²) < 4.78 is 1.14. The maximum atomic E-state index is 3.75. The molecule has 0 spiro atoms. The van der Waals surface area contributed by atoms with E-state index in [0.29, 0.717) is 12.1 Å². The highest BCUT2D eigenvalue weighted by molar-refractivity contribution is 9.10. The van der Waals surface area contributed by atoms with Gasteiger partial charge in [0.15, 0.2) is 0 Å². The van der Waals surface area contributed by atoms with Crippen molar-refractivity contribution in [2.45, 2.75) is 31.8 Å². The van der Waals surface area contributed by atoms with E-state index in [9.17, 15) is 0 Å². The molecule has 0 saturated carbocycles. The predicted molar refractivity (Wildman–Crippen MR) is 83.3 cm³/mol. The Morgan fingerprint density at radius 1 is 1.00 bits per heavy atom. The van der Waals surface area contributed by atoms with Crippen LogP contribution >= 0.6 is 15.9 Å². The Kier molecular flexibility index (Phi) is 3.72.